The van der Waals surface area contributed by atoms with Crippen molar-refractivity contribution in [2.24, 2.45) is 0 Å². The van der Waals surface area contributed by atoms with Crippen LogP contribution >= 0.6 is 0 Å². The van der Waals surface area contributed by atoms with E-state index in [1.54, 1.807) is 0 Å². The van der Waals surface area contributed by atoms with Crippen LogP contribution in [0.5, 0.6) is 0 Å². The van der Waals surface area contributed by atoms with Crippen molar-refractivity contribution >= 4 is 6.47 Å². The van der Waals surface area contributed by atoms with E-state index < -0.39 is 12.7 Å². The van der Waals surface area contributed by atoms with Gasteiger partial charge in [0.15, 0.2) is 0 Å². The third-order valence-corrected chi connectivity index (χ3v) is 3.18. The molecule has 1 N–H and O–H groups in total. The second-order valence-corrected chi connectivity index (χ2v) is 4.44. The Hall–Kier alpha value is -0.223. The van der Waals surface area contributed by atoms with Gasteiger partial charge in [-0.1, -0.05) is 6.54 Å². The Morgan fingerprint density at radius 1 is 1.26 bits per heavy atom. The molecule has 8 heteroatoms. The molecule has 0 atom stereocenters. The molecule has 19 heavy (non-hydrogen) atoms. The molecule has 106 valence electrons. The Bertz CT molecular complexity index is 255. The van der Waals surface area contributed by atoms with E-state index in [0.29, 0.717) is 19.1 Å². The fourth-order valence-corrected chi connectivity index (χ4v) is 2.27. The number of piperidine rings is 1. The number of hydrogen-bond acceptors (Lipinski definition) is 3. The molecule has 0 aromatic carbocycles. The Morgan fingerprint density at radius 2 is 1.74 bits per heavy atom. The van der Waals surface area contributed by atoms with Crippen LogP contribution in [0.3, 0.4) is 0 Å². The van der Waals surface area contributed by atoms with Crippen molar-refractivity contribution in [2.45, 2.75) is 31.5 Å². The molecule has 2 rings (SSSR count). The molecular weight excluding hydrogens is 256 g/mol. The van der Waals surface area contributed by atoms with E-state index >= 15 is 0 Å². The molecular formula is C11H18F3LiN2O2. The molecule has 2 aliphatic rings. The molecule has 0 aliphatic carbocycles. The molecule has 2 fully saturated rings. The first-order chi connectivity index (χ1) is 8.46. The molecule has 0 radical (unpaired) electrons. The Labute approximate surface area is 123 Å². The zero-order valence-corrected chi connectivity index (χ0v) is 11.1. The van der Waals surface area contributed by atoms with Crippen LogP contribution in [0.4, 0.5) is 13.2 Å². The van der Waals surface area contributed by atoms with Crippen LogP contribution in [0, 0.1) is 6.54 Å². The van der Waals surface area contributed by atoms with E-state index in [-0.39, 0.29) is 25.3 Å². The Balaban J connectivity index is 0.000000742. The van der Waals surface area contributed by atoms with Gasteiger partial charge in [0.1, 0.15) is 0 Å². The van der Waals surface area contributed by atoms with E-state index in [1.165, 1.54) is 4.90 Å². The van der Waals surface area contributed by atoms with Crippen LogP contribution in [0.2, 0.25) is 0 Å². The van der Waals surface area contributed by atoms with Crippen molar-refractivity contribution in [1.29, 1.82) is 0 Å². The van der Waals surface area contributed by atoms with Crippen LogP contribution in [0.15, 0.2) is 0 Å². The number of hydrogen-bond donors (Lipinski definition) is 1. The number of nitrogens with zero attached hydrogens (tertiary/aromatic N) is 2. The number of alkyl halides is 3. The van der Waals surface area contributed by atoms with Crippen LogP contribution < -0.4 is 18.9 Å². The van der Waals surface area contributed by atoms with Gasteiger partial charge in [0.2, 0.25) is 0 Å². The first-order valence-corrected chi connectivity index (χ1v) is 5.92. The minimum atomic E-state index is -4.05. The molecule has 0 aromatic heterocycles. The fourth-order valence-electron chi connectivity index (χ4n) is 2.27. The second-order valence-electron chi connectivity index (χ2n) is 4.44. The molecule has 4 nitrogen and oxygen atoms in total. The van der Waals surface area contributed by atoms with Gasteiger partial charge in [0, 0.05) is 0 Å². The van der Waals surface area contributed by atoms with Gasteiger partial charge in [0.25, 0.3) is 6.47 Å². The van der Waals surface area contributed by atoms with Gasteiger partial charge in [-0.25, -0.2) is 0 Å². The maximum absolute atomic E-state index is 12.1. The fraction of sp³-hybridized carbons (Fsp3) is 0.818. The molecule has 0 amide bonds. The van der Waals surface area contributed by atoms with E-state index in [9.17, 15) is 13.2 Å². The predicted molar refractivity (Wildman–Crippen MR) is 59.8 cm³/mol. The average molecular weight is 274 g/mol. The molecule has 2 aliphatic heterocycles. The summed E-state index contributed by atoms with van der Waals surface area (Å²) in [5.41, 5.74) is 0. The molecule has 0 bridgehead atoms. The summed E-state index contributed by atoms with van der Waals surface area (Å²) in [6, 6.07) is 0.489. The Morgan fingerprint density at radius 3 is 2.05 bits per heavy atom. The number of carboxylic acid groups (broad SMARTS) is 1. The SMILES string of the molecule is FC(F)(F)CN1CCC(N2[CH-]CC2)CC1.O=CO.[Li+]. The summed E-state index contributed by atoms with van der Waals surface area (Å²) in [6.07, 6.45) is -1.18. The maximum Gasteiger partial charge on any atom is 1.00 e. The van der Waals surface area contributed by atoms with Gasteiger partial charge in [-0.05, 0) is 32.0 Å². The third kappa shape index (κ3) is 7.21. The van der Waals surface area contributed by atoms with E-state index in [1.807, 2.05) is 0 Å². The first-order valence-electron chi connectivity index (χ1n) is 5.92. The van der Waals surface area contributed by atoms with Crippen LogP contribution in [0.1, 0.15) is 19.3 Å². The average Bonchev–Trinajstić information content (AvgIpc) is 2.17. The molecule has 2 heterocycles. The molecule has 0 unspecified atom stereocenters. The quantitative estimate of drug-likeness (QED) is 0.381. The summed E-state index contributed by atoms with van der Waals surface area (Å²) in [7, 11) is 0. The molecule has 0 saturated carbocycles. The topological polar surface area (TPSA) is 43.8 Å². The largest absolute Gasteiger partial charge is 1.00 e. The molecule has 2 saturated heterocycles. The van der Waals surface area contributed by atoms with Gasteiger partial charge < -0.3 is 10.0 Å². The summed E-state index contributed by atoms with van der Waals surface area (Å²) in [5.74, 6) is 0. The van der Waals surface area contributed by atoms with Gasteiger partial charge in [-0.3, -0.25) is 16.2 Å². The zero-order chi connectivity index (χ0) is 13.6. The summed E-state index contributed by atoms with van der Waals surface area (Å²) in [5, 5.41) is 6.89. The monoisotopic (exact) mass is 274 g/mol. The summed E-state index contributed by atoms with van der Waals surface area (Å²) >= 11 is 0. The summed E-state index contributed by atoms with van der Waals surface area (Å²) < 4.78 is 36.3. The first kappa shape index (κ1) is 18.8. The zero-order valence-electron chi connectivity index (χ0n) is 11.1. The van der Waals surface area contributed by atoms with Crippen molar-refractivity contribution in [1.82, 2.24) is 9.80 Å². The predicted octanol–water partition coefficient (Wildman–Crippen LogP) is -1.41. The number of carbonyl (C=O) groups is 1. The van der Waals surface area contributed by atoms with E-state index in [0.717, 1.165) is 25.8 Å². The standard InChI is InChI=1S/C10H16F3N2.CH2O2.Li/c11-10(12,13)8-14-6-2-9(3-7-14)15-4-1-5-15;2-1-3;/h4,9H,1-3,5-8H2;1H,(H,2,3);/q-1;;+1. The smallest absolute Gasteiger partial charge is 0.483 e. The van der Waals surface area contributed by atoms with Crippen molar-refractivity contribution in [3.05, 3.63) is 6.54 Å². The van der Waals surface area contributed by atoms with Gasteiger partial charge in [-0.2, -0.15) is 19.6 Å². The van der Waals surface area contributed by atoms with Crippen molar-refractivity contribution < 1.29 is 41.9 Å². The van der Waals surface area contributed by atoms with Crippen LogP contribution in [-0.2, 0) is 4.79 Å². The van der Waals surface area contributed by atoms with Crippen molar-refractivity contribution in [3.63, 3.8) is 0 Å². The number of rotatable bonds is 2. The molecule has 0 aromatic rings. The third-order valence-electron chi connectivity index (χ3n) is 3.18. The number of likely N-dealkylation sites (tertiary alicyclic amines) is 2. The maximum atomic E-state index is 12.1. The van der Waals surface area contributed by atoms with E-state index in [2.05, 4.69) is 11.4 Å². The van der Waals surface area contributed by atoms with Crippen LogP contribution in [-0.4, -0.2) is 59.8 Å². The van der Waals surface area contributed by atoms with Crippen molar-refractivity contribution in [2.75, 3.05) is 26.2 Å². The second kappa shape index (κ2) is 8.85. The summed E-state index contributed by atoms with van der Waals surface area (Å²) in [4.78, 5) is 12.1. The van der Waals surface area contributed by atoms with Crippen LogP contribution in [0.25, 0.3) is 0 Å². The van der Waals surface area contributed by atoms with Gasteiger partial charge >= 0.3 is 25.0 Å². The minimum Gasteiger partial charge on any atom is -0.483 e. The Kier molecular flexibility index (Phi) is 8.75. The molecule has 0 spiro atoms. The van der Waals surface area contributed by atoms with Gasteiger partial charge in [-0.15, -0.1) is 0 Å². The minimum absolute atomic E-state index is 0. The van der Waals surface area contributed by atoms with E-state index in [4.69, 9.17) is 9.90 Å². The van der Waals surface area contributed by atoms with Gasteiger partial charge in [0.05, 0.1) is 6.54 Å². The normalized spacial score (nSPS) is 21.6. The summed E-state index contributed by atoms with van der Waals surface area (Å²) in [6.45, 7) is 3.40. The number of halogens is 3. The van der Waals surface area contributed by atoms with Crippen molar-refractivity contribution in [3.8, 4) is 0 Å².